The van der Waals surface area contributed by atoms with Gasteiger partial charge in [0.2, 0.25) is 0 Å². The Morgan fingerprint density at radius 2 is 1.54 bits per heavy atom. The van der Waals surface area contributed by atoms with Crippen LogP contribution < -0.4 is 5.32 Å². The number of aromatic nitrogens is 1. The minimum Gasteiger partial charge on any atom is -0.322 e. The van der Waals surface area contributed by atoms with Gasteiger partial charge in [-0.3, -0.25) is 4.79 Å². The molecule has 0 radical (unpaired) electrons. The third kappa shape index (κ3) is 3.59. The van der Waals surface area contributed by atoms with Crippen molar-refractivity contribution in [3.63, 3.8) is 0 Å². The van der Waals surface area contributed by atoms with Crippen molar-refractivity contribution in [3.8, 4) is 11.3 Å². The number of pyridine rings is 1. The highest BCUT2D eigenvalue weighted by atomic mass is 35.5. The van der Waals surface area contributed by atoms with E-state index < -0.39 is 0 Å². The molecule has 0 fully saturated rings. The van der Waals surface area contributed by atoms with Gasteiger partial charge < -0.3 is 5.32 Å². The van der Waals surface area contributed by atoms with Crippen LogP contribution in [0.4, 0.5) is 5.69 Å². The molecule has 3 nitrogen and oxygen atoms in total. The Labute approximate surface area is 172 Å². The Balaban J connectivity index is 1.87. The number of nitrogens with zero attached hydrogens (tertiary/aromatic N) is 1. The van der Waals surface area contributed by atoms with E-state index >= 15 is 0 Å². The fourth-order valence-electron chi connectivity index (χ4n) is 3.30. The zero-order valence-corrected chi connectivity index (χ0v) is 16.6. The number of fused-ring (bicyclic) bond motifs is 1. The first-order valence-corrected chi connectivity index (χ1v) is 9.51. The second-order valence-electron chi connectivity index (χ2n) is 6.46. The van der Waals surface area contributed by atoms with Gasteiger partial charge in [0.1, 0.15) is 0 Å². The van der Waals surface area contributed by atoms with Crippen LogP contribution in [0.25, 0.3) is 22.2 Å². The third-order valence-corrected chi connectivity index (χ3v) is 4.97. The smallest absolute Gasteiger partial charge is 0.256 e. The van der Waals surface area contributed by atoms with E-state index in [4.69, 9.17) is 28.2 Å². The van der Waals surface area contributed by atoms with Gasteiger partial charge in [-0.25, -0.2) is 4.98 Å². The van der Waals surface area contributed by atoms with Crippen molar-refractivity contribution in [2.24, 2.45) is 0 Å². The van der Waals surface area contributed by atoms with Gasteiger partial charge in [0.05, 0.1) is 16.8 Å². The van der Waals surface area contributed by atoms with Crippen molar-refractivity contribution >= 4 is 45.7 Å². The Bertz CT molecular complexity index is 1170. The number of halogens is 2. The molecule has 1 amide bonds. The molecule has 0 spiro atoms. The van der Waals surface area contributed by atoms with Gasteiger partial charge in [0, 0.05) is 26.7 Å². The van der Waals surface area contributed by atoms with Crippen LogP contribution in [-0.2, 0) is 0 Å². The number of anilines is 1. The van der Waals surface area contributed by atoms with Gasteiger partial charge in [0.25, 0.3) is 5.91 Å². The van der Waals surface area contributed by atoms with Gasteiger partial charge in [-0.05, 0) is 36.8 Å². The van der Waals surface area contributed by atoms with Crippen LogP contribution in [0.2, 0.25) is 10.0 Å². The number of benzene rings is 3. The van der Waals surface area contributed by atoms with E-state index in [0.717, 1.165) is 27.7 Å². The first-order valence-electron chi connectivity index (χ1n) is 8.75. The molecule has 138 valence electrons. The summed E-state index contributed by atoms with van der Waals surface area (Å²) in [6.07, 6.45) is 0. The molecule has 0 saturated heterocycles. The summed E-state index contributed by atoms with van der Waals surface area (Å²) in [6, 6.07) is 22.4. The molecule has 1 aromatic heterocycles. The SMILES string of the molecule is Cc1c(-c2ccccc2)nc2ccccc2c1C(=O)Nc1cc(Cl)cc(Cl)c1. The van der Waals surface area contributed by atoms with Crippen molar-refractivity contribution in [2.45, 2.75) is 6.92 Å². The van der Waals surface area contributed by atoms with Crippen LogP contribution in [0.1, 0.15) is 15.9 Å². The maximum Gasteiger partial charge on any atom is 0.256 e. The second-order valence-corrected chi connectivity index (χ2v) is 7.33. The van der Waals surface area contributed by atoms with Crippen LogP contribution in [-0.4, -0.2) is 10.9 Å². The Hall–Kier alpha value is -2.88. The number of amides is 1. The summed E-state index contributed by atoms with van der Waals surface area (Å²) >= 11 is 12.1. The Kier molecular flexibility index (Phi) is 5.03. The first-order chi connectivity index (χ1) is 13.5. The maximum absolute atomic E-state index is 13.2. The molecule has 0 aliphatic carbocycles. The summed E-state index contributed by atoms with van der Waals surface area (Å²) in [5.74, 6) is -0.230. The largest absolute Gasteiger partial charge is 0.322 e. The molecule has 0 aliphatic heterocycles. The molecular formula is C23H16Cl2N2O. The molecular weight excluding hydrogens is 391 g/mol. The first kappa shape index (κ1) is 18.5. The number of carbonyl (C=O) groups excluding carboxylic acids is 1. The van der Waals surface area contributed by atoms with E-state index in [-0.39, 0.29) is 5.91 Å². The van der Waals surface area contributed by atoms with Crippen molar-refractivity contribution in [1.29, 1.82) is 0 Å². The maximum atomic E-state index is 13.2. The highest BCUT2D eigenvalue weighted by Crippen LogP contribution is 2.31. The molecule has 0 atom stereocenters. The lowest BCUT2D eigenvalue weighted by Crippen LogP contribution is -2.15. The molecule has 0 aliphatic rings. The lowest BCUT2D eigenvalue weighted by Gasteiger charge is -2.15. The van der Waals surface area contributed by atoms with Crippen molar-refractivity contribution in [2.75, 3.05) is 5.32 Å². The van der Waals surface area contributed by atoms with Gasteiger partial charge in [-0.2, -0.15) is 0 Å². The monoisotopic (exact) mass is 406 g/mol. The van der Waals surface area contributed by atoms with Crippen LogP contribution in [0.3, 0.4) is 0 Å². The molecule has 5 heteroatoms. The van der Waals surface area contributed by atoms with Crippen molar-refractivity contribution in [1.82, 2.24) is 4.98 Å². The molecule has 0 bridgehead atoms. The molecule has 3 aromatic carbocycles. The fraction of sp³-hybridized carbons (Fsp3) is 0.0435. The molecule has 28 heavy (non-hydrogen) atoms. The van der Waals surface area contributed by atoms with E-state index in [1.165, 1.54) is 0 Å². The number of rotatable bonds is 3. The molecule has 1 heterocycles. The second kappa shape index (κ2) is 7.63. The highest BCUT2D eigenvalue weighted by Gasteiger charge is 2.19. The van der Waals surface area contributed by atoms with Gasteiger partial charge in [0.15, 0.2) is 0 Å². The number of nitrogens with one attached hydrogen (secondary N) is 1. The summed E-state index contributed by atoms with van der Waals surface area (Å²) in [6.45, 7) is 1.92. The Morgan fingerprint density at radius 3 is 2.25 bits per heavy atom. The predicted octanol–water partition coefficient (Wildman–Crippen LogP) is 6.77. The van der Waals surface area contributed by atoms with E-state index in [1.807, 2.05) is 61.5 Å². The minimum atomic E-state index is -0.230. The summed E-state index contributed by atoms with van der Waals surface area (Å²) in [7, 11) is 0. The molecule has 4 aromatic rings. The average Bonchev–Trinajstić information content (AvgIpc) is 2.67. The van der Waals surface area contributed by atoms with E-state index in [9.17, 15) is 4.79 Å². The Morgan fingerprint density at radius 1 is 0.893 bits per heavy atom. The topological polar surface area (TPSA) is 42.0 Å². The zero-order chi connectivity index (χ0) is 19.7. The molecule has 0 unspecified atom stereocenters. The van der Waals surface area contributed by atoms with E-state index in [1.54, 1.807) is 18.2 Å². The quantitative estimate of drug-likeness (QED) is 0.407. The number of para-hydroxylation sites is 1. The van der Waals surface area contributed by atoms with Crippen molar-refractivity contribution in [3.05, 3.63) is 94.0 Å². The minimum absolute atomic E-state index is 0.230. The summed E-state index contributed by atoms with van der Waals surface area (Å²) in [4.78, 5) is 18.0. The normalized spacial score (nSPS) is 10.8. The summed E-state index contributed by atoms with van der Waals surface area (Å²) in [5, 5.41) is 4.64. The predicted molar refractivity (Wildman–Crippen MR) is 116 cm³/mol. The van der Waals surface area contributed by atoms with Gasteiger partial charge in [-0.15, -0.1) is 0 Å². The zero-order valence-electron chi connectivity index (χ0n) is 15.0. The molecule has 0 saturated carbocycles. The molecule has 4 rings (SSSR count). The van der Waals surface area contributed by atoms with Crippen molar-refractivity contribution < 1.29 is 4.79 Å². The van der Waals surface area contributed by atoms with E-state index in [2.05, 4.69) is 5.32 Å². The van der Waals surface area contributed by atoms with Crippen LogP contribution in [0, 0.1) is 6.92 Å². The lowest BCUT2D eigenvalue weighted by atomic mass is 9.97. The van der Waals surface area contributed by atoms with E-state index in [0.29, 0.717) is 21.3 Å². The average molecular weight is 407 g/mol. The summed E-state index contributed by atoms with van der Waals surface area (Å²) in [5.41, 5.74) is 4.46. The van der Waals surface area contributed by atoms with Crippen LogP contribution in [0.15, 0.2) is 72.8 Å². The number of hydrogen-bond acceptors (Lipinski definition) is 2. The third-order valence-electron chi connectivity index (χ3n) is 4.53. The van der Waals surface area contributed by atoms with Crippen LogP contribution in [0.5, 0.6) is 0 Å². The number of carbonyl (C=O) groups is 1. The highest BCUT2D eigenvalue weighted by molar-refractivity contribution is 6.35. The van der Waals surface area contributed by atoms with Gasteiger partial charge >= 0.3 is 0 Å². The lowest BCUT2D eigenvalue weighted by molar-refractivity contribution is 0.102. The van der Waals surface area contributed by atoms with Gasteiger partial charge in [-0.1, -0.05) is 71.7 Å². The van der Waals surface area contributed by atoms with Crippen LogP contribution >= 0.6 is 23.2 Å². The standard InChI is InChI=1S/C23H16Cl2N2O/c1-14-21(23(28)26-18-12-16(24)11-17(25)13-18)19-9-5-6-10-20(19)27-22(14)15-7-3-2-4-8-15/h2-13H,1H3,(H,26,28). The number of hydrogen-bond donors (Lipinski definition) is 1. The fourth-order valence-corrected chi connectivity index (χ4v) is 3.82. The summed E-state index contributed by atoms with van der Waals surface area (Å²) < 4.78 is 0. The molecule has 1 N–H and O–H groups in total.